The Bertz CT molecular complexity index is 846. The van der Waals surface area contributed by atoms with E-state index < -0.39 is 0 Å². The molecular formula is C17H18N2O6. The SMILES string of the molecule is COc1cn(CC(=O)NCc2ccc3c(c2)OCO3)c(CO)cc1=O. The predicted octanol–water partition coefficient (Wildman–Crippen LogP) is 0.394. The zero-order valence-corrected chi connectivity index (χ0v) is 13.7. The number of nitrogens with zero attached hydrogens (tertiary/aromatic N) is 1. The Balaban J connectivity index is 1.65. The van der Waals surface area contributed by atoms with Gasteiger partial charge in [0.2, 0.25) is 18.1 Å². The van der Waals surface area contributed by atoms with Crippen molar-refractivity contribution >= 4 is 5.91 Å². The number of rotatable bonds is 6. The van der Waals surface area contributed by atoms with Gasteiger partial charge in [-0.15, -0.1) is 0 Å². The molecule has 1 aliphatic rings. The molecule has 2 heterocycles. The molecule has 132 valence electrons. The third kappa shape index (κ3) is 3.74. The van der Waals surface area contributed by atoms with E-state index in [1.807, 2.05) is 12.1 Å². The first-order valence-electron chi connectivity index (χ1n) is 7.64. The molecule has 2 aromatic rings. The number of hydrogen-bond acceptors (Lipinski definition) is 6. The summed E-state index contributed by atoms with van der Waals surface area (Å²) in [7, 11) is 1.37. The first-order chi connectivity index (χ1) is 12.1. The number of amides is 1. The van der Waals surface area contributed by atoms with Crippen molar-refractivity contribution in [1.29, 1.82) is 0 Å². The maximum atomic E-state index is 12.2. The Kier molecular flexibility index (Phi) is 4.90. The second kappa shape index (κ2) is 7.27. The summed E-state index contributed by atoms with van der Waals surface area (Å²) in [6.45, 7) is 0.121. The van der Waals surface area contributed by atoms with Crippen LogP contribution in [0.1, 0.15) is 11.3 Å². The van der Waals surface area contributed by atoms with Gasteiger partial charge in [-0.05, 0) is 17.7 Å². The van der Waals surface area contributed by atoms with Crippen LogP contribution in [-0.2, 0) is 24.5 Å². The molecule has 25 heavy (non-hydrogen) atoms. The Labute approximate surface area is 143 Å². The van der Waals surface area contributed by atoms with Crippen LogP contribution in [0, 0.1) is 0 Å². The van der Waals surface area contributed by atoms with Crippen LogP contribution in [0.5, 0.6) is 17.2 Å². The Morgan fingerprint density at radius 2 is 2.12 bits per heavy atom. The van der Waals surface area contributed by atoms with E-state index in [4.69, 9.17) is 14.2 Å². The number of benzene rings is 1. The number of fused-ring (bicyclic) bond motifs is 1. The summed E-state index contributed by atoms with van der Waals surface area (Å²) >= 11 is 0. The van der Waals surface area contributed by atoms with E-state index in [2.05, 4.69) is 5.32 Å². The van der Waals surface area contributed by atoms with E-state index in [0.29, 0.717) is 23.7 Å². The zero-order valence-electron chi connectivity index (χ0n) is 13.7. The van der Waals surface area contributed by atoms with Gasteiger partial charge in [-0.25, -0.2) is 0 Å². The lowest BCUT2D eigenvalue weighted by molar-refractivity contribution is -0.121. The third-order valence-corrected chi connectivity index (χ3v) is 3.81. The Morgan fingerprint density at radius 3 is 2.88 bits per heavy atom. The highest BCUT2D eigenvalue weighted by atomic mass is 16.7. The summed E-state index contributed by atoms with van der Waals surface area (Å²) in [5.74, 6) is 1.18. The highest BCUT2D eigenvalue weighted by Gasteiger charge is 2.14. The van der Waals surface area contributed by atoms with Crippen LogP contribution in [-0.4, -0.2) is 29.5 Å². The quantitative estimate of drug-likeness (QED) is 0.785. The highest BCUT2D eigenvalue weighted by molar-refractivity contribution is 5.75. The maximum absolute atomic E-state index is 12.2. The smallest absolute Gasteiger partial charge is 0.240 e. The predicted molar refractivity (Wildman–Crippen MR) is 87.6 cm³/mol. The van der Waals surface area contributed by atoms with Crippen molar-refractivity contribution in [1.82, 2.24) is 9.88 Å². The van der Waals surface area contributed by atoms with Gasteiger partial charge in [0, 0.05) is 18.3 Å². The number of carbonyl (C=O) groups excluding carboxylic acids is 1. The van der Waals surface area contributed by atoms with Gasteiger partial charge in [0.25, 0.3) is 0 Å². The van der Waals surface area contributed by atoms with Gasteiger partial charge in [0.05, 0.1) is 19.9 Å². The number of hydrogen-bond donors (Lipinski definition) is 2. The molecule has 0 fully saturated rings. The molecular weight excluding hydrogens is 328 g/mol. The molecule has 1 aliphatic heterocycles. The van der Waals surface area contributed by atoms with Gasteiger partial charge < -0.3 is 29.2 Å². The zero-order chi connectivity index (χ0) is 17.8. The number of pyridine rings is 1. The first-order valence-corrected chi connectivity index (χ1v) is 7.64. The molecule has 2 N–H and O–H groups in total. The van der Waals surface area contributed by atoms with Crippen LogP contribution in [0.3, 0.4) is 0 Å². The molecule has 1 amide bonds. The van der Waals surface area contributed by atoms with Crippen LogP contribution >= 0.6 is 0 Å². The number of aliphatic hydroxyl groups excluding tert-OH is 1. The number of methoxy groups -OCH3 is 1. The third-order valence-electron chi connectivity index (χ3n) is 3.81. The highest BCUT2D eigenvalue weighted by Crippen LogP contribution is 2.32. The average Bonchev–Trinajstić information content (AvgIpc) is 3.08. The van der Waals surface area contributed by atoms with Gasteiger partial charge in [-0.3, -0.25) is 9.59 Å². The van der Waals surface area contributed by atoms with E-state index in [9.17, 15) is 14.7 Å². The van der Waals surface area contributed by atoms with Gasteiger partial charge in [-0.1, -0.05) is 6.07 Å². The Hall–Kier alpha value is -3.00. The van der Waals surface area contributed by atoms with Crippen molar-refractivity contribution in [2.24, 2.45) is 0 Å². The van der Waals surface area contributed by atoms with Crippen LogP contribution in [0.2, 0.25) is 0 Å². The fourth-order valence-electron chi connectivity index (χ4n) is 2.49. The summed E-state index contributed by atoms with van der Waals surface area (Å²) in [6, 6.07) is 6.70. The lowest BCUT2D eigenvalue weighted by Gasteiger charge is -2.13. The lowest BCUT2D eigenvalue weighted by atomic mass is 10.2. The van der Waals surface area contributed by atoms with E-state index >= 15 is 0 Å². The van der Waals surface area contributed by atoms with Crippen molar-refractivity contribution in [3.05, 3.63) is 51.9 Å². The van der Waals surface area contributed by atoms with Crippen molar-refractivity contribution < 1.29 is 24.1 Å². The minimum Gasteiger partial charge on any atom is -0.491 e. The number of aliphatic hydroxyl groups is 1. The van der Waals surface area contributed by atoms with E-state index in [-0.39, 0.29) is 37.0 Å². The fourth-order valence-corrected chi connectivity index (χ4v) is 2.49. The summed E-state index contributed by atoms with van der Waals surface area (Å²) < 4.78 is 17.0. The second-order valence-electron chi connectivity index (χ2n) is 5.45. The number of carbonyl (C=O) groups is 1. The van der Waals surface area contributed by atoms with Crippen molar-refractivity contribution in [3.8, 4) is 17.2 Å². The van der Waals surface area contributed by atoms with Gasteiger partial charge in [0.1, 0.15) is 6.54 Å². The average molecular weight is 346 g/mol. The molecule has 0 radical (unpaired) electrons. The molecule has 1 aromatic heterocycles. The van der Waals surface area contributed by atoms with E-state index in [1.165, 1.54) is 23.9 Å². The van der Waals surface area contributed by atoms with Crippen LogP contribution in [0.15, 0.2) is 35.3 Å². The molecule has 0 bridgehead atoms. The maximum Gasteiger partial charge on any atom is 0.240 e. The Morgan fingerprint density at radius 1 is 1.32 bits per heavy atom. The van der Waals surface area contributed by atoms with Gasteiger partial charge in [0.15, 0.2) is 17.2 Å². The number of nitrogens with one attached hydrogen (secondary N) is 1. The normalized spacial score (nSPS) is 12.1. The first kappa shape index (κ1) is 16.8. The summed E-state index contributed by atoms with van der Waals surface area (Å²) in [4.78, 5) is 23.9. The second-order valence-corrected chi connectivity index (χ2v) is 5.45. The van der Waals surface area contributed by atoms with Gasteiger partial charge in [-0.2, -0.15) is 0 Å². The lowest BCUT2D eigenvalue weighted by Crippen LogP contribution is -2.29. The van der Waals surface area contributed by atoms with Crippen molar-refractivity contribution in [2.75, 3.05) is 13.9 Å². The summed E-state index contributed by atoms with van der Waals surface area (Å²) in [5, 5.41) is 12.1. The number of aromatic nitrogens is 1. The standard InChI is InChI=1S/C17H18N2O6/c1-23-16-7-19(12(9-20)5-13(16)21)8-17(22)18-6-11-2-3-14-15(4-11)25-10-24-14/h2-5,7,20H,6,8-10H2,1H3,(H,18,22). The minimum absolute atomic E-state index is 0.0446. The molecule has 0 spiro atoms. The van der Waals surface area contributed by atoms with Gasteiger partial charge >= 0.3 is 0 Å². The van der Waals surface area contributed by atoms with E-state index in [1.54, 1.807) is 6.07 Å². The number of ether oxygens (including phenoxy) is 3. The monoisotopic (exact) mass is 346 g/mol. The van der Waals surface area contributed by atoms with Crippen LogP contribution in [0.4, 0.5) is 0 Å². The molecule has 1 aromatic carbocycles. The molecule has 0 aliphatic carbocycles. The summed E-state index contributed by atoms with van der Waals surface area (Å²) in [5.41, 5.74) is 0.866. The van der Waals surface area contributed by atoms with Crippen molar-refractivity contribution in [3.63, 3.8) is 0 Å². The molecule has 3 rings (SSSR count). The van der Waals surface area contributed by atoms with E-state index in [0.717, 1.165) is 5.56 Å². The molecule has 0 saturated heterocycles. The summed E-state index contributed by atoms with van der Waals surface area (Å²) in [6.07, 6.45) is 1.41. The fraction of sp³-hybridized carbons (Fsp3) is 0.294. The van der Waals surface area contributed by atoms with Crippen LogP contribution < -0.4 is 25.0 Å². The van der Waals surface area contributed by atoms with Crippen LogP contribution in [0.25, 0.3) is 0 Å². The van der Waals surface area contributed by atoms with Crippen molar-refractivity contribution in [2.45, 2.75) is 19.7 Å². The molecule has 8 heteroatoms. The molecule has 0 saturated carbocycles. The minimum atomic E-state index is -0.353. The largest absolute Gasteiger partial charge is 0.491 e. The molecule has 8 nitrogen and oxygen atoms in total. The molecule has 0 unspecified atom stereocenters. The topological polar surface area (TPSA) is 99.0 Å². The molecule has 0 atom stereocenters.